The highest BCUT2D eigenvalue weighted by atomic mass is 15.3. The fourth-order valence-corrected chi connectivity index (χ4v) is 2.00. The number of aromatic nitrogens is 4. The average Bonchev–Trinajstić information content (AvgIpc) is 2.76. The van der Waals surface area contributed by atoms with Gasteiger partial charge in [0.05, 0.1) is 11.6 Å². The first kappa shape index (κ1) is 13.7. The standard InChI is InChI=1S/C13H22N6/c1-10(2)7-14-5-6-18(3)12-11-8-17-19(4)13(11)16-9-15-12/h8-10,14H,5-7H2,1-4H3. The summed E-state index contributed by atoms with van der Waals surface area (Å²) in [4.78, 5) is 10.8. The van der Waals surface area contributed by atoms with Crippen LogP contribution < -0.4 is 10.2 Å². The van der Waals surface area contributed by atoms with Crippen LogP contribution in [0.25, 0.3) is 11.0 Å². The summed E-state index contributed by atoms with van der Waals surface area (Å²) in [6.07, 6.45) is 3.42. The molecule has 0 radical (unpaired) electrons. The van der Waals surface area contributed by atoms with Gasteiger partial charge in [-0.2, -0.15) is 5.10 Å². The molecule has 19 heavy (non-hydrogen) atoms. The van der Waals surface area contributed by atoms with Gasteiger partial charge in [-0.15, -0.1) is 0 Å². The molecule has 0 fully saturated rings. The zero-order chi connectivity index (χ0) is 13.8. The van der Waals surface area contributed by atoms with Gasteiger partial charge in [0, 0.05) is 27.2 Å². The maximum Gasteiger partial charge on any atom is 0.163 e. The molecular formula is C13H22N6. The molecule has 0 aromatic carbocycles. The van der Waals surface area contributed by atoms with Gasteiger partial charge in [0.2, 0.25) is 0 Å². The Morgan fingerprint density at radius 3 is 2.89 bits per heavy atom. The number of nitrogens with zero attached hydrogens (tertiary/aromatic N) is 5. The lowest BCUT2D eigenvalue weighted by molar-refractivity contribution is 0.554. The van der Waals surface area contributed by atoms with Gasteiger partial charge in [-0.3, -0.25) is 4.68 Å². The van der Waals surface area contributed by atoms with E-state index in [4.69, 9.17) is 0 Å². The molecule has 1 N–H and O–H groups in total. The van der Waals surface area contributed by atoms with Crippen molar-refractivity contribution in [2.45, 2.75) is 13.8 Å². The molecule has 2 rings (SSSR count). The minimum Gasteiger partial charge on any atom is -0.358 e. The average molecular weight is 262 g/mol. The Labute approximate surface area is 113 Å². The summed E-state index contributed by atoms with van der Waals surface area (Å²) < 4.78 is 1.77. The zero-order valence-corrected chi connectivity index (χ0v) is 12.1. The van der Waals surface area contributed by atoms with Crippen molar-refractivity contribution in [3.8, 4) is 0 Å². The summed E-state index contributed by atoms with van der Waals surface area (Å²) in [5, 5.41) is 8.66. The van der Waals surface area contributed by atoms with E-state index in [0.717, 1.165) is 36.5 Å². The molecule has 0 saturated carbocycles. The number of aryl methyl sites for hydroxylation is 1. The van der Waals surface area contributed by atoms with Crippen LogP contribution in [-0.4, -0.2) is 46.4 Å². The molecule has 0 aliphatic carbocycles. The number of anilines is 1. The summed E-state index contributed by atoms with van der Waals surface area (Å²) in [5.74, 6) is 1.61. The minimum atomic E-state index is 0.675. The zero-order valence-electron chi connectivity index (χ0n) is 12.1. The highest BCUT2D eigenvalue weighted by Gasteiger charge is 2.11. The molecule has 0 aliphatic rings. The predicted octanol–water partition coefficient (Wildman–Crippen LogP) is 1.05. The topological polar surface area (TPSA) is 58.9 Å². The number of nitrogens with one attached hydrogen (secondary N) is 1. The summed E-state index contributed by atoms with van der Waals surface area (Å²) >= 11 is 0. The molecule has 6 heteroatoms. The van der Waals surface area contributed by atoms with Gasteiger partial charge in [-0.05, 0) is 12.5 Å². The Kier molecular flexibility index (Phi) is 4.31. The van der Waals surface area contributed by atoms with Crippen LogP contribution in [0.3, 0.4) is 0 Å². The van der Waals surface area contributed by atoms with E-state index in [9.17, 15) is 0 Å². The SMILES string of the molecule is CC(C)CNCCN(C)c1ncnc2c1cnn2C. The first-order chi connectivity index (χ1) is 9.09. The van der Waals surface area contributed by atoms with E-state index in [1.807, 2.05) is 20.3 Å². The summed E-state index contributed by atoms with van der Waals surface area (Å²) in [5.41, 5.74) is 0.868. The normalized spacial score (nSPS) is 11.4. The molecule has 2 aromatic heterocycles. The van der Waals surface area contributed by atoms with E-state index in [0.29, 0.717) is 5.92 Å². The van der Waals surface area contributed by atoms with Gasteiger partial charge < -0.3 is 10.2 Å². The van der Waals surface area contributed by atoms with Crippen molar-refractivity contribution in [3.05, 3.63) is 12.5 Å². The number of rotatable bonds is 6. The van der Waals surface area contributed by atoms with Gasteiger partial charge in [0.1, 0.15) is 12.1 Å². The number of hydrogen-bond donors (Lipinski definition) is 1. The van der Waals surface area contributed by atoms with E-state index in [-0.39, 0.29) is 0 Å². The van der Waals surface area contributed by atoms with Gasteiger partial charge in [-0.1, -0.05) is 13.8 Å². The fraction of sp³-hybridized carbons (Fsp3) is 0.615. The van der Waals surface area contributed by atoms with E-state index in [2.05, 4.69) is 39.1 Å². The summed E-state index contributed by atoms with van der Waals surface area (Å²) in [6.45, 7) is 7.31. The molecule has 2 aromatic rings. The van der Waals surface area contributed by atoms with Crippen LogP contribution in [0, 0.1) is 5.92 Å². The van der Waals surface area contributed by atoms with E-state index in [1.54, 1.807) is 11.0 Å². The van der Waals surface area contributed by atoms with Crippen molar-refractivity contribution < 1.29 is 0 Å². The first-order valence-corrected chi connectivity index (χ1v) is 6.64. The second kappa shape index (κ2) is 5.97. The lowest BCUT2D eigenvalue weighted by Gasteiger charge is -2.19. The van der Waals surface area contributed by atoms with Gasteiger partial charge >= 0.3 is 0 Å². The van der Waals surface area contributed by atoms with Crippen LogP contribution in [0.5, 0.6) is 0 Å². The van der Waals surface area contributed by atoms with E-state index >= 15 is 0 Å². The third kappa shape index (κ3) is 3.20. The highest BCUT2D eigenvalue weighted by Crippen LogP contribution is 2.20. The van der Waals surface area contributed by atoms with E-state index < -0.39 is 0 Å². The van der Waals surface area contributed by atoms with Crippen LogP contribution in [0.1, 0.15) is 13.8 Å². The molecule has 0 unspecified atom stereocenters. The molecule has 6 nitrogen and oxygen atoms in total. The Bertz CT molecular complexity index is 533. The maximum atomic E-state index is 4.37. The Balaban J connectivity index is 2.03. The van der Waals surface area contributed by atoms with Crippen molar-refractivity contribution in [1.82, 2.24) is 25.1 Å². The van der Waals surface area contributed by atoms with Gasteiger partial charge in [0.25, 0.3) is 0 Å². The van der Waals surface area contributed by atoms with Crippen molar-refractivity contribution in [2.24, 2.45) is 13.0 Å². The fourth-order valence-electron chi connectivity index (χ4n) is 2.00. The molecule has 0 spiro atoms. The van der Waals surface area contributed by atoms with Crippen LogP contribution in [-0.2, 0) is 7.05 Å². The number of likely N-dealkylation sites (N-methyl/N-ethyl adjacent to an activating group) is 1. The first-order valence-electron chi connectivity index (χ1n) is 6.64. The number of hydrogen-bond acceptors (Lipinski definition) is 5. The molecule has 2 heterocycles. The van der Waals surface area contributed by atoms with E-state index in [1.165, 1.54) is 0 Å². The monoisotopic (exact) mass is 262 g/mol. The van der Waals surface area contributed by atoms with Crippen molar-refractivity contribution in [2.75, 3.05) is 31.6 Å². The lowest BCUT2D eigenvalue weighted by atomic mass is 10.2. The van der Waals surface area contributed by atoms with Crippen LogP contribution in [0.15, 0.2) is 12.5 Å². The second-order valence-corrected chi connectivity index (χ2v) is 5.22. The van der Waals surface area contributed by atoms with Crippen molar-refractivity contribution in [3.63, 3.8) is 0 Å². The minimum absolute atomic E-state index is 0.675. The van der Waals surface area contributed by atoms with Crippen LogP contribution >= 0.6 is 0 Å². The number of fused-ring (bicyclic) bond motifs is 1. The third-order valence-corrected chi connectivity index (χ3v) is 3.05. The molecule has 104 valence electrons. The molecule has 0 amide bonds. The molecule has 0 bridgehead atoms. The van der Waals surface area contributed by atoms with Crippen LogP contribution in [0.2, 0.25) is 0 Å². The van der Waals surface area contributed by atoms with Gasteiger partial charge in [0.15, 0.2) is 5.65 Å². The third-order valence-electron chi connectivity index (χ3n) is 3.05. The predicted molar refractivity (Wildman–Crippen MR) is 77.3 cm³/mol. The largest absolute Gasteiger partial charge is 0.358 e. The maximum absolute atomic E-state index is 4.37. The highest BCUT2D eigenvalue weighted by molar-refractivity contribution is 5.86. The smallest absolute Gasteiger partial charge is 0.163 e. The molecular weight excluding hydrogens is 240 g/mol. The Morgan fingerprint density at radius 1 is 1.37 bits per heavy atom. The lowest BCUT2D eigenvalue weighted by Crippen LogP contribution is -2.31. The Morgan fingerprint density at radius 2 is 2.16 bits per heavy atom. The summed E-state index contributed by atoms with van der Waals surface area (Å²) in [6, 6.07) is 0. The quantitative estimate of drug-likeness (QED) is 0.788. The van der Waals surface area contributed by atoms with Crippen molar-refractivity contribution in [1.29, 1.82) is 0 Å². The molecule has 0 saturated heterocycles. The Hall–Kier alpha value is -1.69. The van der Waals surface area contributed by atoms with Gasteiger partial charge in [-0.25, -0.2) is 9.97 Å². The van der Waals surface area contributed by atoms with Crippen molar-refractivity contribution >= 4 is 16.9 Å². The summed E-state index contributed by atoms with van der Waals surface area (Å²) in [7, 11) is 3.94. The molecule has 0 atom stereocenters. The second-order valence-electron chi connectivity index (χ2n) is 5.22. The van der Waals surface area contributed by atoms with Crippen LogP contribution in [0.4, 0.5) is 5.82 Å². The molecule has 0 aliphatic heterocycles.